The molecule has 9 heteroatoms. The second-order valence-electron chi connectivity index (χ2n) is 9.83. The molecule has 1 saturated carbocycles. The summed E-state index contributed by atoms with van der Waals surface area (Å²) >= 11 is 1.56. The molecule has 1 aliphatic rings. The van der Waals surface area contributed by atoms with Gasteiger partial charge in [0.05, 0.1) is 0 Å². The minimum Gasteiger partial charge on any atom is -0.480 e. The Hall–Kier alpha value is -3.20. The number of aryl methyl sites for hydroxylation is 1. The van der Waals surface area contributed by atoms with Gasteiger partial charge in [-0.25, -0.2) is 4.79 Å². The average Bonchev–Trinajstić information content (AvgIpc) is 3.45. The van der Waals surface area contributed by atoms with Crippen LogP contribution in [-0.2, 0) is 4.79 Å². The van der Waals surface area contributed by atoms with Crippen molar-refractivity contribution in [3.05, 3.63) is 65.0 Å². The number of rotatable bonds is 11. The van der Waals surface area contributed by atoms with Gasteiger partial charge in [-0.2, -0.15) is 17.0 Å². The molecule has 3 N–H and O–H groups in total. The van der Waals surface area contributed by atoms with E-state index in [-0.39, 0.29) is 11.8 Å². The van der Waals surface area contributed by atoms with Crippen LogP contribution in [0, 0.1) is 12.8 Å². The van der Waals surface area contributed by atoms with Crippen LogP contribution in [0.5, 0.6) is 0 Å². The standard InChI is InChI=1S/C28H35N5O3S/c1-18-8-6-7-11-21(18)24-17-20(12-13-22(24)27(34)29-25(28(35)36)14-15-37-2)23(26-30-32-33-31-26)16-19-9-4-3-5-10-19/h6-8,11-13,17,19,23,25H,3-5,9-10,14-16H2,1-2H3,(H,29,34)(H,35,36)(H,30,31,32,33)/t23?,25-/m0/s1. The van der Waals surface area contributed by atoms with Gasteiger partial charge in [-0.15, -0.1) is 10.2 Å². The summed E-state index contributed by atoms with van der Waals surface area (Å²) in [4.78, 5) is 25.2. The highest BCUT2D eigenvalue weighted by Crippen LogP contribution is 2.38. The Bertz CT molecular complexity index is 1190. The van der Waals surface area contributed by atoms with Crippen molar-refractivity contribution in [2.75, 3.05) is 12.0 Å². The number of carboxylic acid groups (broad SMARTS) is 1. The molecule has 1 aromatic heterocycles. The van der Waals surface area contributed by atoms with E-state index < -0.39 is 12.0 Å². The van der Waals surface area contributed by atoms with E-state index in [0.717, 1.165) is 28.7 Å². The highest BCUT2D eigenvalue weighted by atomic mass is 32.2. The van der Waals surface area contributed by atoms with Gasteiger partial charge in [0, 0.05) is 11.5 Å². The van der Waals surface area contributed by atoms with Crippen molar-refractivity contribution in [2.24, 2.45) is 5.92 Å². The Balaban J connectivity index is 1.73. The number of hydrogen-bond acceptors (Lipinski definition) is 6. The summed E-state index contributed by atoms with van der Waals surface area (Å²) < 4.78 is 0. The molecular weight excluding hydrogens is 486 g/mol. The fourth-order valence-corrected chi connectivity index (χ4v) is 5.74. The minimum absolute atomic E-state index is 0.0462. The Morgan fingerprint density at radius 3 is 2.59 bits per heavy atom. The molecule has 1 amide bonds. The second kappa shape index (κ2) is 12.9. The lowest BCUT2D eigenvalue weighted by Crippen LogP contribution is -2.41. The molecule has 8 nitrogen and oxygen atoms in total. The van der Waals surface area contributed by atoms with Crippen molar-refractivity contribution in [1.82, 2.24) is 25.9 Å². The van der Waals surface area contributed by atoms with E-state index in [9.17, 15) is 14.7 Å². The van der Waals surface area contributed by atoms with E-state index in [1.54, 1.807) is 11.8 Å². The van der Waals surface area contributed by atoms with Gasteiger partial charge in [0.2, 0.25) is 0 Å². The summed E-state index contributed by atoms with van der Waals surface area (Å²) in [5, 5.41) is 27.5. The number of carboxylic acids is 1. The van der Waals surface area contributed by atoms with Crippen LogP contribution in [0.3, 0.4) is 0 Å². The highest BCUT2D eigenvalue weighted by Gasteiger charge is 2.27. The van der Waals surface area contributed by atoms with Crippen LogP contribution in [0.1, 0.15) is 78.2 Å². The monoisotopic (exact) mass is 521 g/mol. The molecule has 1 heterocycles. The van der Waals surface area contributed by atoms with Gasteiger partial charge in [0.25, 0.3) is 5.91 Å². The number of H-pyrrole nitrogens is 1. The number of nitrogens with zero attached hydrogens (tertiary/aromatic N) is 3. The first-order chi connectivity index (χ1) is 18.0. The number of aromatic nitrogens is 4. The topological polar surface area (TPSA) is 121 Å². The van der Waals surface area contributed by atoms with Gasteiger partial charge in [-0.05, 0) is 72.1 Å². The maximum Gasteiger partial charge on any atom is 0.326 e. The molecule has 4 rings (SSSR count). The van der Waals surface area contributed by atoms with E-state index in [1.165, 1.54) is 32.1 Å². The molecule has 2 aromatic carbocycles. The predicted octanol–water partition coefficient (Wildman–Crippen LogP) is 5.21. The Labute approximate surface area is 222 Å². The number of hydrogen-bond donors (Lipinski definition) is 3. The quantitative estimate of drug-likeness (QED) is 0.317. The smallest absolute Gasteiger partial charge is 0.326 e. The van der Waals surface area contributed by atoms with Crippen LogP contribution in [0.4, 0.5) is 0 Å². The molecule has 0 radical (unpaired) electrons. The number of tetrazole rings is 1. The Morgan fingerprint density at radius 1 is 1.14 bits per heavy atom. The number of aliphatic carboxylic acids is 1. The van der Waals surface area contributed by atoms with E-state index in [1.807, 2.05) is 49.6 Å². The van der Waals surface area contributed by atoms with E-state index in [4.69, 9.17) is 0 Å². The third kappa shape index (κ3) is 6.77. The molecule has 1 unspecified atom stereocenters. The van der Waals surface area contributed by atoms with Crippen LogP contribution < -0.4 is 5.32 Å². The summed E-state index contributed by atoms with van der Waals surface area (Å²) in [6.45, 7) is 2.01. The molecule has 1 aliphatic carbocycles. The van der Waals surface area contributed by atoms with E-state index in [0.29, 0.717) is 29.5 Å². The number of nitrogens with one attached hydrogen (secondary N) is 2. The molecule has 2 atom stereocenters. The Morgan fingerprint density at radius 2 is 1.92 bits per heavy atom. The van der Waals surface area contributed by atoms with E-state index in [2.05, 4.69) is 32.0 Å². The third-order valence-corrected chi connectivity index (χ3v) is 7.95. The SMILES string of the molecule is CSCC[C@H](NC(=O)c1ccc(C(CC2CCCCC2)c2nn[nH]n2)cc1-c1ccccc1C)C(=O)O. The van der Waals surface area contributed by atoms with Gasteiger partial charge in [-0.1, -0.05) is 67.6 Å². The van der Waals surface area contributed by atoms with Crippen LogP contribution in [-0.4, -0.2) is 55.7 Å². The lowest BCUT2D eigenvalue weighted by Gasteiger charge is -2.26. The lowest BCUT2D eigenvalue weighted by molar-refractivity contribution is -0.139. The molecule has 1 fully saturated rings. The number of carbonyl (C=O) groups excluding carboxylic acids is 1. The Kier molecular flexibility index (Phi) is 9.33. The average molecular weight is 522 g/mol. The maximum atomic E-state index is 13.4. The number of carbonyl (C=O) groups is 2. The molecular formula is C28H35N5O3S. The summed E-state index contributed by atoms with van der Waals surface area (Å²) in [7, 11) is 0. The number of amides is 1. The van der Waals surface area contributed by atoms with Crippen molar-refractivity contribution in [3.8, 4) is 11.1 Å². The largest absolute Gasteiger partial charge is 0.480 e. The molecule has 0 bridgehead atoms. The summed E-state index contributed by atoms with van der Waals surface area (Å²) in [6.07, 6.45) is 9.40. The van der Waals surface area contributed by atoms with E-state index >= 15 is 0 Å². The summed E-state index contributed by atoms with van der Waals surface area (Å²) in [6, 6.07) is 12.8. The normalized spacial score (nSPS) is 15.7. The highest BCUT2D eigenvalue weighted by molar-refractivity contribution is 7.98. The summed E-state index contributed by atoms with van der Waals surface area (Å²) in [5.41, 5.74) is 4.24. The zero-order valence-corrected chi connectivity index (χ0v) is 22.3. The van der Waals surface area contributed by atoms with Crippen LogP contribution in [0.25, 0.3) is 11.1 Å². The van der Waals surface area contributed by atoms with Crippen molar-refractivity contribution in [3.63, 3.8) is 0 Å². The van der Waals surface area contributed by atoms with Gasteiger partial charge < -0.3 is 10.4 Å². The zero-order chi connectivity index (χ0) is 26.2. The van der Waals surface area contributed by atoms with Crippen LogP contribution >= 0.6 is 11.8 Å². The van der Waals surface area contributed by atoms with Crippen LogP contribution in [0.15, 0.2) is 42.5 Å². The van der Waals surface area contributed by atoms with Crippen molar-refractivity contribution in [2.45, 2.75) is 63.8 Å². The fourth-order valence-electron chi connectivity index (χ4n) is 5.27. The summed E-state index contributed by atoms with van der Waals surface area (Å²) in [5.74, 6) is 0.434. The molecule has 196 valence electrons. The molecule has 3 aromatic rings. The third-order valence-electron chi connectivity index (χ3n) is 7.31. The van der Waals surface area contributed by atoms with Crippen molar-refractivity contribution in [1.29, 1.82) is 0 Å². The van der Waals surface area contributed by atoms with Gasteiger partial charge >= 0.3 is 5.97 Å². The lowest BCUT2D eigenvalue weighted by atomic mass is 9.79. The van der Waals surface area contributed by atoms with Gasteiger partial charge in [0.15, 0.2) is 5.82 Å². The first-order valence-corrected chi connectivity index (χ1v) is 14.3. The van der Waals surface area contributed by atoms with Crippen molar-refractivity contribution >= 4 is 23.6 Å². The van der Waals surface area contributed by atoms with Crippen molar-refractivity contribution < 1.29 is 14.7 Å². The maximum absolute atomic E-state index is 13.4. The predicted molar refractivity (Wildman–Crippen MR) is 146 cm³/mol. The molecule has 37 heavy (non-hydrogen) atoms. The van der Waals surface area contributed by atoms with Gasteiger partial charge in [-0.3, -0.25) is 4.79 Å². The number of aromatic amines is 1. The fraction of sp³-hybridized carbons (Fsp3) is 0.464. The zero-order valence-electron chi connectivity index (χ0n) is 21.4. The first-order valence-electron chi connectivity index (χ1n) is 12.9. The first kappa shape index (κ1) is 26.9. The number of thioether (sulfide) groups is 1. The second-order valence-corrected chi connectivity index (χ2v) is 10.8. The number of benzene rings is 2. The molecule has 0 aliphatic heterocycles. The molecule has 0 saturated heterocycles. The molecule has 0 spiro atoms. The van der Waals surface area contributed by atoms with Crippen LogP contribution in [0.2, 0.25) is 0 Å². The minimum atomic E-state index is -1.03. The van der Waals surface area contributed by atoms with Gasteiger partial charge in [0.1, 0.15) is 6.04 Å².